The van der Waals surface area contributed by atoms with Crippen LogP contribution in [0.25, 0.3) is 0 Å². The molecule has 0 aliphatic heterocycles. The smallest absolute Gasteiger partial charge is 0.292 e. The largest absolute Gasteiger partial charge is 0.383 e. The first-order chi connectivity index (χ1) is 8.45. The molecule has 100 valence electrons. The molecule has 0 radical (unpaired) electrons. The van der Waals surface area contributed by atoms with E-state index in [2.05, 4.69) is 19.2 Å². The first-order valence-electron chi connectivity index (χ1n) is 6.02. The van der Waals surface area contributed by atoms with Gasteiger partial charge in [0.25, 0.3) is 5.69 Å². The van der Waals surface area contributed by atoms with Crippen molar-refractivity contribution in [2.45, 2.75) is 33.5 Å². The standard InChI is InChI=1S/C13H20N2O3/c1-9(2)10(3)18-8-11-5-6-12(14-4)13(7-11)15(16)17/h5-7,9-10,14H,8H2,1-4H3. The third-order valence-corrected chi connectivity index (χ3v) is 2.98. The molecule has 5 nitrogen and oxygen atoms in total. The van der Waals surface area contributed by atoms with Crippen LogP contribution in [-0.2, 0) is 11.3 Å². The summed E-state index contributed by atoms with van der Waals surface area (Å²) in [7, 11) is 1.67. The van der Waals surface area contributed by atoms with Crippen molar-refractivity contribution in [1.29, 1.82) is 0 Å². The third kappa shape index (κ3) is 3.70. The normalized spacial score (nSPS) is 12.5. The number of benzene rings is 1. The molecule has 0 spiro atoms. The van der Waals surface area contributed by atoms with E-state index in [1.54, 1.807) is 19.2 Å². The van der Waals surface area contributed by atoms with E-state index in [9.17, 15) is 10.1 Å². The highest BCUT2D eigenvalue weighted by molar-refractivity contribution is 5.62. The number of anilines is 1. The molecule has 0 aliphatic rings. The molecule has 0 aliphatic carbocycles. The van der Waals surface area contributed by atoms with Crippen LogP contribution in [0, 0.1) is 16.0 Å². The van der Waals surface area contributed by atoms with Gasteiger partial charge in [0.2, 0.25) is 0 Å². The molecule has 1 rings (SSSR count). The lowest BCUT2D eigenvalue weighted by atomic mass is 10.1. The molecule has 0 aromatic heterocycles. The fraction of sp³-hybridized carbons (Fsp3) is 0.538. The van der Waals surface area contributed by atoms with Crippen molar-refractivity contribution < 1.29 is 9.66 Å². The molecule has 0 saturated heterocycles. The zero-order valence-electron chi connectivity index (χ0n) is 11.3. The van der Waals surface area contributed by atoms with Gasteiger partial charge in [-0.3, -0.25) is 10.1 Å². The van der Waals surface area contributed by atoms with Gasteiger partial charge in [-0.2, -0.15) is 0 Å². The third-order valence-electron chi connectivity index (χ3n) is 2.98. The Morgan fingerprint density at radius 2 is 2.06 bits per heavy atom. The highest BCUT2D eigenvalue weighted by Crippen LogP contribution is 2.25. The molecule has 0 amide bonds. The highest BCUT2D eigenvalue weighted by Gasteiger charge is 2.14. The second-order valence-corrected chi connectivity index (χ2v) is 4.62. The molecule has 0 bridgehead atoms. The van der Waals surface area contributed by atoms with Gasteiger partial charge in [0.15, 0.2) is 0 Å². The van der Waals surface area contributed by atoms with Gasteiger partial charge < -0.3 is 10.1 Å². The van der Waals surface area contributed by atoms with Crippen molar-refractivity contribution in [2.24, 2.45) is 5.92 Å². The summed E-state index contributed by atoms with van der Waals surface area (Å²) in [4.78, 5) is 10.5. The number of hydrogen-bond acceptors (Lipinski definition) is 4. The van der Waals surface area contributed by atoms with E-state index >= 15 is 0 Å². The Balaban J connectivity index is 2.79. The number of ether oxygens (including phenoxy) is 1. The number of nitrogens with zero attached hydrogens (tertiary/aromatic N) is 1. The van der Waals surface area contributed by atoms with Gasteiger partial charge in [-0.05, 0) is 24.5 Å². The summed E-state index contributed by atoms with van der Waals surface area (Å²) in [6.45, 7) is 6.56. The Kier molecular flexibility index (Phi) is 5.09. The second kappa shape index (κ2) is 6.35. The van der Waals surface area contributed by atoms with Gasteiger partial charge in [-0.1, -0.05) is 19.9 Å². The van der Waals surface area contributed by atoms with Gasteiger partial charge in [-0.15, -0.1) is 0 Å². The van der Waals surface area contributed by atoms with Crippen LogP contribution in [0.4, 0.5) is 11.4 Å². The van der Waals surface area contributed by atoms with Crippen molar-refractivity contribution in [1.82, 2.24) is 0 Å². The fourth-order valence-electron chi connectivity index (χ4n) is 1.45. The average molecular weight is 252 g/mol. The summed E-state index contributed by atoms with van der Waals surface area (Å²) in [5.74, 6) is 0.427. The van der Waals surface area contributed by atoms with Crippen molar-refractivity contribution in [3.05, 3.63) is 33.9 Å². The lowest BCUT2D eigenvalue weighted by Crippen LogP contribution is -2.15. The maximum absolute atomic E-state index is 10.9. The minimum absolute atomic E-state index is 0.0794. The molecule has 1 unspecified atom stereocenters. The van der Waals surface area contributed by atoms with E-state index in [1.807, 2.05) is 13.0 Å². The molecule has 1 N–H and O–H groups in total. The van der Waals surface area contributed by atoms with E-state index in [-0.39, 0.29) is 16.7 Å². The summed E-state index contributed by atoms with van der Waals surface area (Å²) in [6, 6.07) is 5.10. The zero-order valence-corrected chi connectivity index (χ0v) is 11.3. The van der Waals surface area contributed by atoms with Crippen molar-refractivity contribution >= 4 is 11.4 Å². The molecule has 0 fully saturated rings. The summed E-state index contributed by atoms with van der Waals surface area (Å²) in [6.07, 6.45) is 0.132. The van der Waals surface area contributed by atoms with E-state index < -0.39 is 0 Å². The van der Waals surface area contributed by atoms with Crippen LogP contribution in [0.15, 0.2) is 18.2 Å². The molecule has 1 atom stereocenters. The lowest BCUT2D eigenvalue weighted by molar-refractivity contribution is -0.384. The molecule has 5 heteroatoms. The van der Waals surface area contributed by atoms with Crippen LogP contribution in [0.1, 0.15) is 26.3 Å². The molecule has 18 heavy (non-hydrogen) atoms. The Bertz CT molecular complexity index is 419. The Morgan fingerprint density at radius 1 is 1.39 bits per heavy atom. The Hall–Kier alpha value is -1.62. The second-order valence-electron chi connectivity index (χ2n) is 4.62. The van der Waals surface area contributed by atoms with Crippen LogP contribution < -0.4 is 5.32 Å². The number of nitro groups is 1. The van der Waals surface area contributed by atoms with Gasteiger partial charge >= 0.3 is 0 Å². The van der Waals surface area contributed by atoms with Crippen LogP contribution in [-0.4, -0.2) is 18.1 Å². The maximum Gasteiger partial charge on any atom is 0.292 e. The predicted molar refractivity (Wildman–Crippen MR) is 71.7 cm³/mol. The molecule has 1 aromatic rings. The average Bonchev–Trinajstić information content (AvgIpc) is 2.35. The summed E-state index contributed by atoms with van der Waals surface area (Å²) in [5, 5.41) is 13.7. The van der Waals surface area contributed by atoms with Gasteiger partial charge in [0.05, 0.1) is 17.6 Å². The van der Waals surface area contributed by atoms with E-state index in [4.69, 9.17) is 4.74 Å². The van der Waals surface area contributed by atoms with Gasteiger partial charge in [0.1, 0.15) is 5.69 Å². The topological polar surface area (TPSA) is 64.4 Å². The first kappa shape index (κ1) is 14.4. The van der Waals surface area contributed by atoms with Crippen LogP contribution in [0.3, 0.4) is 0 Å². The van der Waals surface area contributed by atoms with E-state index in [1.165, 1.54) is 0 Å². The van der Waals surface area contributed by atoms with E-state index in [0.717, 1.165) is 5.56 Å². The van der Waals surface area contributed by atoms with Crippen LogP contribution in [0.5, 0.6) is 0 Å². The lowest BCUT2D eigenvalue weighted by Gasteiger charge is -2.16. The maximum atomic E-state index is 10.9. The summed E-state index contributed by atoms with van der Waals surface area (Å²) in [5.41, 5.74) is 1.41. The van der Waals surface area contributed by atoms with Crippen LogP contribution >= 0.6 is 0 Å². The number of nitrogens with one attached hydrogen (secondary N) is 1. The van der Waals surface area contributed by atoms with Gasteiger partial charge in [-0.25, -0.2) is 0 Å². The van der Waals surface area contributed by atoms with E-state index in [0.29, 0.717) is 18.2 Å². The number of hydrogen-bond donors (Lipinski definition) is 1. The molecular weight excluding hydrogens is 232 g/mol. The Morgan fingerprint density at radius 3 is 2.56 bits per heavy atom. The minimum Gasteiger partial charge on any atom is -0.383 e. The summed E-state index contributed by atoms with van der Waals surface area (Å²) >= 11 is 0. The predicted octanol–water partition coefficient (Wildman–Crippen LogP) is 3.20. The number of nitro benzene ring substituents is 1. The fourth-order valence-corrected chi connectivity index (χ4v) is 1.45. The zero-order chi connectivity index (χ0) is 13.7. The quantitative estimate of drug-likeness (QED) is 0.623. The molecule has 0 saturated carbocycles. The van der Waals surface area contributed by atoms with Gasteiger partial charge in [0, 0.05) is 13.1 Å². The first-order valence-corrected chi connectivity index (χ1v) is 6.02. The Labute approximate surface area is 107 Å². The van der Waals surface area contributed by atoms with Crippen LogP contribution in [0.2, 0.25) is 0 Å². The summed E-state index contributed by atoms with van der Waals surface area (Å²) < 4.78 is 5.65. The number of rotatable bonds is 6. The SMILES string of the molecule is CNc1ccc(COC(C)C(C)C)cc1[N+](=O)[O-]. The van der Waals surface area contributed by atoms with Crippen molar-refractivity contribution in [3.8, 4) is 0 Å². The highest BCUT2D eigenvalue weighted by atomic mass is 16.6. The monoisotopic (exact) mass is 252 g/mol. The molecule has 1 aromatic carbocycles. The molecule has 0 heterocycles. The minimum atomic E-state index is -0.388. The molecular formula is C13H20N2O3. The van der Waals surface area contributed by atoms with Crippen molar-refractivity contribution in [3.63, 3.8) is 0 Å². The van der Waals surface area contributed by atoms with Crippen molar-refractivity contribution in [2.75, 3.05) is 12.4 Å².